The zero-order valence-corrected chi connectivity index (χ0v) is 12.0. The van der Waals surface area contributed by atoms with Crippen LogP contribution in [0.4, 0.5) is 0 Å². The number of amides is 1. The van der Waals surface area contributed by atoms with Gasteiger partial charge in [-0.1, -0.05) is 0 Å². The standard InChI is InChI=1S/C13H19N3O2.ClH/c1-8-6-12(17)15-7-10(8)13(18)16-11-4-3-5-14-9(11)2;/h6-7,9,11,14H,3-5H2,1-2H3,(H,15,17)(H,16,18);1H. The summed E-state index contributed by atoms with van der Waals surface area (Å²) in [7, 11) is 0. The highest BCUT2D eigenvalue weighted by Crippen LogP contribution is 2.10. The fourth-order valence-electron chi connectivity index (χ4n) is 2.31. The van der Waals surface area contributed by atoms with Crippen LogP contribution >= 0.6 is 12.4 Å². The van der Waals surface area contributed by atoms with Crippen molar-refractivity contribution in [2.24, 2.45) is 0 Å². The molecule has 1 aromatic rings. The smallest absolute Gasteiger partial charge is 0.253 e. The van der Waals surface area contributed by atoms with E-state index in [0.717, 1.165) is 19.4 Å². The summed E-state index contributed by atoms with van der Waals surface area (Å²) in [5.41, 5.74) is 1.05. The van der Waals surface area contributed by atoms with E-state index >= 15 is 0 Å². The lowest BCUT2D eigenvalue weighted by atomic mass is 9.99. The fourth-order valence-corrected chi connectivity index (χ4v) is 2.31. The maximum atomic E-state index is 12.1. The van der Waals surface area contributed by atoms with Crippen molar-refractivity contribution in [2.75, 3.05) is 6.54 Å². The molecule has 0 bridgehead atoms. The van der Waals surface area contributed by atoms with Crippen molar-refractivity contribution in [1.29, 1.82) is 0 Å². The first kappa shape index (κ1) is 15.7. The SMILES string of the molecule is Cc1cc(=O)[nH]cc1C(=O)NC1CCCNC1C.Cl. The molecule has 2 unspecified atom stereocenters. The second-order valence-electron chi connectivity index (χ2n) is 4.86. The van der Waals surface area contributed by atoms with Gasteiger partial charge in [0.2, 0.25) is 5.56 Å². The van der Waals surface area contributed by atoms with Gasteiger partial charge in [0.1, 0.15) is 0 Å². The van der Waals surface area contributed by atoms with Crippen molar-refractivity contribution in [2.45, 2.75) is 38.8 Å². The molecule has 1 saturated heterocycles. The zero-order chi connectivity index (χ0) is 13.1. The Morgan fingerprint density at radius 1 is 1.47 bits per heavy atom. The average molecular weight is 286 g/mol. The highest BCUT2D eigenvalue weighted by atomic mass is 35.5. The summed E-state index contributed by atoms with van der Waals surface area (Å²) in [5.74, 6) is -0.121. The van der Waals surface area contributed by atoms with Crippen molar-refractivity contribution < 1.29 is 4.79 Å². The van der Waals surface area contributed by atoms with Gasteiger partial charge in [-0.05, 0) is 38.8 Å². The third-order valence-corrected chi connectivity index (χ3v) is 3.45. The number of H-pyrrole nitrogens is 1. The van der Waals surface area contributed by atoms with E-state index in [1.165, 1.54) is 12.3 Å². The predicted octanol–water partition coefficient (Wildman–Crippen LogP) is 0.975. The van der Waals surface area contributed by atoms with E-state index in [1.807, 2.05) is 0 Å². The Morgan fingerprint density at radius 3 is 2.84 bits per heavy atom. The van der Waals surface area contributed by atoms with E-state index in [1.54, 1.807) is 6.92 Å². The van der Waals surface area contributed by atoms with Crippen LogP contribution in [0.5, 0.6) is 0 Å². The van der Waals surface area contributed by atoms with E-state index in [2.05, 4.69) is 22.5 Å². The quantitative estimate of drug-likeness (QED) is 0.758. The molecule has 0 saturated carbocycles. The number of carbonyl (C=O) groups is 1. The minimum absolute atomic E-state index is 0. The lowest BCUT2D eigenvalue weighted by molar-refractivity contribution is 0.0919. The van der Waals surface area contributed by atoms with Gasteiger partial charge in [-0.15, -0.1) is 12.4 Å². The Bertz CT molecular complexity index is 501. The third-order valence-electron chi connectivity index (χ3n) is 3.45. The van der Waals surface area contributed by atoms with Crippen molar-refractivity contribution in [3.8, 4) is 0 Å². The molecule has 0 spiro atoms. The highest BCUT2D eigenvalue weighted by Gasteiger charge is 2.23. The van der Waals surface area contributed by atoms with Gasteiger partial charge in [-0.2, -0.15) is 0 Å². The van der Waals surface area contributed by atoms with E-state index in [4.69, 9.17) is 0 Å². The molecular weight excluding hydrogens is 266 g/mol. The monoisotopic (exact) mass is 285 g/mol. The Morgan fingerprint density at radius 2 is 2.21 bits per heavy atom. The number of aryl methyl sites for hydroxylation is 1. The number of hydrogen-bond donors (Lipinski definition) is 3. The number of aromatic amines is 1. The highest BCUT2D eigenvalue weighted by molar-refractivity contribution is 5.95. The Hall–Kier alpha value is -1.33. The molecule has 0 radical (unpaired) electrons. The largest absolute Gasteiger partial charge is 0.348 e. The van der Waals surface area contributed by atoms with Crippen molar-refractivity contribution >= 4 is 18.3 Å². The van der Waals surface area contributed by atoms with Crippen LogP contribution in [0.25, 0.3) is 0 Å². The summed E-state index contributed by atoms with van der Waals surface area (Å²) in [6.07, 6.45) is 3.54. The minimum atomic E-state index is -0.184. The van der Waals surface area contributed by atoms with Gasteiger partial charge < -0.3 is 15.6 Å². The molecule has 1 aliphatic heterocycles. The average Bonchev–Trinajstić information content (AvgIpc) is 2.32. The van der Waals surface area contributed by atoms with Crippen molar-refractivity contribution in [1.82, 2.24) is 15.6 Å². The summed E-state index contributed by atoms with van der Waals surface area (Å²) < 4.78 is 0. The normalized spacial score (nSPS) is 22.4. The molecule has 1 aromatic heterocycles. The molecule has 2 heterocycles. The van der Waals surface area contributed by atoms with Gasteiger partial charge in [-0.3, -0.25) is 9.59 Å². The molecule has 1 amide bonds. The summed E-state index contributed by atoms with van der Waals surface area (Å²) in [5, 5.41) is 6.36. The number of pyridine rings is 1. The van der Waals surface area contributed by atoms with E-state index in [-0.39, 0.29) is 36.0 Å². The third kappa shape index (κ3) is 3.81. The van der Waals surface area contributed by atoms with Crippen LogP contribution in [0.15, 0.2) is 17.1 Å². The van der Waals surface area contributed by atoms with E-state index < -0.39 is 0 Å². The van der Waals surface area contributed by atoms with Crippen LogP contribution in [0.2, 0.25) is 0 Å². The number of carbonyl (C=O) groups excluding carboxylic acids is 1. The molecule has 1 aliphatic rings. The second kappa shape index (κ2) is 6.73. The van der Waals surface area contributed by atoms with Gasteiger partial charge in [0.05, 0.1) is 5.56 Å². The minimum Gasteiger partial charge on any atom is -0.348 e. The molecule has 5 nitrogen and oxygen atoms in total. The van der Waals surface area contributed by atoms with E-state index in [9.17, 15) is 9.59 Å². The molecule has 2 rings (SSSR count). The van der Waals surface area contributed by atoms with Crippen LogP contribution in [0, 0.1) is 6.92 Å². The predicted molar refractivity (Wildman–Crippen MR) is 77.0 cm³/mol. The van der Waals surface area contributed by atoms with E-state index in [0.29, 0.717) is 11.1 Å². The molecular formula is C13H20ClN3O2. The van der Waals surface area contributed by atoms with Gasteiger partial charge in [-0.25, -0.2) is 0 Å². The maximum absolute atomic E-state index is 12.1. The van der Waals surface area contributed by atoms with Gasteiger partial charge in [0.15, 0.2) is 0 Å². The molecule has 106 valence electrons. The van der Waals surface area contributed by atoms with Crippen LogP contribution in [-0.2, 0) is 0 Å². The van der Waals surface area contributed by atoms with Crippen molar-refractivity contribution in [3.05, 3.63) is 33.7 Å². The maximum Gasteiger partial charge on any atom is 0.253 e. The zero-order valence-electron chi connectivity index (χ0n) is 11.2. The number of halogens is 1. The molecule has 3 N–H and O–H groups in total. The molecule has 0 aliphatic carbocycles. The Kier molecular flexibility index (Phi) is 5.57. The molecule has 6 heteroatoms. The molecule has 19 heavy (non-hydrogen) atoms. The topological polar surface area (TPSA) is 74.0 Å². The first-order valence-electron chi connectivity index (χ1n) is 6.31. The van der Waals surface area contributed by atoms with Crippen LogP contribution in [0.3, 0.4) is 0 Å². The van der Waals surface area contributed by atoms with Gasteiger partial charge in [0.25, 0.3) is 5.91 Å². The molecule has 2 atom stereocenters. The summed E-state index contributed by atoms with van der Waals surface area (Å²) in [6, 6.07) is 1.88. The summed E-state index contributed by atoms with van der Waals surface area (Å²) >= 11 is 0. The van der Waals surface area contributed by atoms with Gasteiger partial charge >= 0.3 is 0 Å². The first-order chi connectivity index (χ1) is 8.58. The summed E-state index contributed by atoms with van der Waals surface area (Å²) in [4.78, 5) is 25.8. The number of nitrogens with one attached hydrogen (secondary N) is 3. The lowest BCUT2D eigenvalue weighted by Gasteiger charge is -2.30. The van der Waals surface area contributed by atoms with Gasteiger partial charge in [0, 0.05) is 24.3 Å². The number of hydrogen-bond acceptors (Lipinski definition) is 3. The van der Waals surface area contributed by atoms with Crippen molar-refractivity contribution in [3.63, 3.8) is 0 Å². The first-order valence-corrected chi connectivity index (χ1v) is 6.31. The lowest BCUT2D eigenvalue weighted by Crippen LogP contribution is -2.52. The summed E-state index contributed by atoms with van der Waals surface area (Å²) in [6.45, 7) is 4.85. The number of piperidine rings is 1. The fraction of sp³-hybridized carbons (Fsp3) is 0.538. The van der Waals surface area contributed by atoms with Crippen LogP contribution in [0.1, 0.15) is 35.7 Å². The number of rotatable bonds is 2. The molecule has 1 fully saturated rings. The van der Waals surface area contributed by atoms with Crippen LogP contribution in [-0.4, -0.2) is 29.5 Å². The second-order valence-corrected chi connectivity index (χ2v) is 4.86. The number of aromatic nitrogens is 1. The van der Waals surface area contributed by atoms with Crippen LogP contribution < -0.4 is 16.2 Å². The molecule has 0 aromatic carbocycles. The Balaban J connectivity index is 0.00000180. The Labute approximate surface area is 118 Å².